The summed E-state index contributed by atoms with van der Waals surface area (Å²) in [6.45, 7) is 3.73. The number of hydrogen-bond acceptors (Lipinski definition) is 24. The van der Waals surface area contributed by atoms with Crippen LogP contribution in [-0.4, -0.2) is 246 Å². The van der Waals surface area contributed by atoms with E-state index in [1.165, 1.54) is 6.92 Å². The number of hydrogen-bond donors (Lipinski definition) is 13. The van der Waals surface area contributed by atoms with Gasteiger partial charge in [-0.25, -0.2) is 0 Å². The topological polar surface area (TPSA) is 372 Å². The summed E-state index contributed by atoms with van der Waals surface area (Å²) in [5.74, 6) is -1.86. The van der Waals surface area contributed by atoms with Crippen LogP contribution in [0.4, 0.5) is 0 Å². The zero-order chi connectivity index (χ0) is 52.2. The molecule has 24 nitrogen and oxygen atoms in total. The second-order valence-corrected chi connectivity index (χ2v) is 22.9. The fourth-order valence-electron chi connectivity index (χ4n) is 15.0. The highest BCUT2D eigenvalue weighted by molar-refractivity contribution is 5.80. The summed E-state index contributed by atoms with van der Waals surface area (Å²) < 4.78 is 62.6. The second kappa shape index (κ2) is 20.9. The Morgan fingerprint density at radius 3 is 2.08 bits per heavy atom. The summed E-state index contributed by atoms with van der Waals surface area (Å²) in [6.07, 6.45) is -26.1. The Labute approximate surface area is 421 Å². The molecule has 0 aromatic heterocycles. The van der Waals surface area contributed by atoms with Crippen LogP contribution < -0.4 is 0 Å². The molecule has 30 atom stereocenters. The van der Waals surface area contributed by atoms with Crippen molar-refractivity contribution in [1.29, 1.82) is 0 Å². The Bertz CT molecular complexity index is 1970. The number of fused-ring (bicyclic) bond motifs is 7. The Morgan fingerprint density at radius 2 is 1.37 bits per heavy atom. The van der Waals surface area contributed by atoms with Gasteiger partial charge in [0, 0.05) is 36.5 Å². The molecule has 1 spiro atoms. The van der Waals surface area contributed by atoms with Crippen LogP contribution in [0.3, 0.4) is 0 Å². The molecule has 9 fully saturated rings. The summed E-state index contributed by atoms with van der Waals surface area (Å²) in [6, 6.07) is 0. The van der Waals surface area contributed by atoms with Crippen LogP contribution in [0.1, 0.15) is 72.1 Å². The average Bonchev–Trinajstić information content (AvgIpc) is 3.83. The molecule has 0 aromatic rings. The minimum absolute atomic E-state index is 0.0363. The van der Waals surface area contributed by atoms with E-state index in [9.17, 15) is 71.2 Å². The minimum Gasteiger partial charge on any atom is -0.394 e. The van der Waals surface area contributed by atoms with Crippen LogP contribution in [-0.2, 0) is 52.2 Å². The Morgan fingerprint density at radius 1 is 0.699 bits per heavy atom. The maximum atomic E-state index is 12.6. The zero-order valence-corrected chi connectivity index (χ0v) is 41.2. The van der Waals surface area contributed by atoms with E-state index in [1.54, 1.807) is 0 Å². The van der Waals surface area contributed by atoms with E-state index < -0.39 is 166 Å². The second-order valence-electron chi connectivity index (χ2n) is 22.9. The van der Waals surface area contributed by atoms with Crippen LogP contribution in [0.25, 0.3) is 0 Å². The third-order valence-corrected chi connectivity index (χ3v) is 19.0. The van der Waals surface area contributed by atoms with Crippen molar-refractivity contribution in [3.05, 3.63) is 11.6 Å². The summed E-state index contributed by atoms with van der Waals surface area (Å²) >= 11 is 0. The van der Waals surface area contributed by atoms with E-state index in [0.29, 0.717) is 32.1 Å². The molecular weight excluding hydrogens is 973 g/mol. The summed E-state index contributed by atoms with van der Waals surface area (Å²) in [4.78, 5) is 12.6. The minimum atomic E-state index is -1.84. The Hall–Kier alpha value is -1.51. The van der Waals surface area contributed by atoms with Crippen molar-refractivity contribution < 1.29 is 119 Å². The number of carbonyl (C=O) groups is 1. The number of aliphatic hydroxyl groups is 13. The number of allylic oxidation sites excluding steroid dienone is 1. The van der Waals surface area contributed by atoms with E-state index in [1.807, 2.05) is 0 Å². The molecule has 10 aliphatic rings. The lowest BCUT2D eigenvalue weighted by Crippen LogP contribution is -2.67. The molecule has 0 aromatic carbocycles. The highest BCUT2D eigenvalue weighted by Crippen LogP contribution is 2.71. The number of Topliss-reactive ketones (excluding diaryl/α,β-unsaturated/α-hetero) is 1. The van der Waals surface area contributed by atoms with Crippen LogP contribution in [0, 0.1) is 40.4 Å². The summed E-state index contributed by atoms with van der Waals surface area (Å²) in [5, 5.41) is 140. The predicted molar refractivity (Wildman–Crippen MR) is 239 cm³/mol. The lowest BCUT2D eigenvalue weighted by Gasteiger charge is -2.61. The molecule has 6 saturated heterocycles. The van der Waals surface area contributed by atoms with Crippen molar-refractivity contribution >= 4 is 5.78 Å². The van der Waals surface area contributed by atoms with Gasteiger partial charge in [-0.15, -0.1) is 0 Å². The largest absolute Gasteiger partial charge is 0.394 e. The van der Waals surface area contributed by atoms with Gasteiger partial charge < -0.3 is 114 Å². The standard InChI is InChI=1S/C49H76O24/c1-18-32(55)36(59)40(63)45(67-18)72-42-41(71-44-38(61)33(56)26(54)17-65-44)35(58)29(14-51)69-46(42)70-30-11-21(53)10-19-4-5-22-23(48(19,30)3)7-8-47(2)24(22)12-27-31(47)25(49(73-27)9-6-20(52)15-66-49)16-64-43-39(62)37(60)34(57)28(13-50)68-43/h4,18,21-46,50-51,53-63H,5-17H2,1-3H3/t18-,21+,22+,23-,24-,25-,26+,27-,28+,29+,30+,31-,32-,33-,34-,35+,36+,37-,38+,39+,40+,41-,42+,43+,44-,45-,46-,47-,48-,49+/m0/s1. The molecule has 0 unspecified atom stereocenters. The van der Waals surface area contributed by atoms with Gasteiger partial charge >= 0.3 is 0 Å². The molecule has 24 heteroatoms. The molecule has 6 aliphatic heterocycles. The fourth-order valence-corrected chi connectivity index (χ4v) is 15.0. The van der Waals surface area contributed by atoms with Crippen molar-refractivity contribution in [1.82, 2.24) is 0 Å². The predicted octanol–water partition coefficient (Wildman–Crippen LogP) is -4.45. The molecule has 0 amide bonds. The van der Waals surface area contributed by atoms with Gasteiger partial charge in [0.05, 0.1) is 50.8 Å². The van der Waals surface area contributed by atoms with Gasteiger partial charge in [-0.2, -0.15) is 0 Å². The van der Waals surface area contributed by atoms with Crippen LogP contribution in [0.2, 0.25) is 0 Å². The van der Waals surface area contributed by atoms with E-state index in [4.69, 9.17) is 47.4 Å². The van der Waals surface area contributed by atoms with Crippen LogP contribution in [0.5, 0.6) is 0 Å². The van der Waals surface area contributed by atoms with Crippen molar-refractivity contribution in [2.45, 2.75) is 213 Å². The van der Waals surface area contributed by atoms with Gasteiger partial charge in [-0.3, -0.25) is 4.79 Å². The normalized spacial score (nSPS) is 56.1. The molecule has 10 rings (SSSR count). The zero-order valence-electron chi connectivity index (χ0n) is 41.2. The van der Waals surface area contributed by atoms with Crippen molar-refractivity contribution in [3.63, 3.8) is 0 Å². The first-order chi connectivity index (χ1) is 34.6. The number of aliphatic hydroxyl groups excluding tert-OH is 13. The third kappa shape index (κ3) is 9.31. The maximum absolute atomic E-state index is 12.6. The third-order valence-electron chi connectivity index (χ3n) is 19.0. The summed E-state index contributed by atoms with van der Waals surface area (Å²) in [5.41, 5.74) is -0.208. The van der Waals surface area contributed by atoms with Crippen LogP contribution >= 0.6 is 0 Å². The van der Waals surface area contributed by atoms with Crippen molar-refractivity contribution in [2.75, 3.05) is 33.0 Å². The van der Waals surface area contributed by atoms with Crippen LogP contribution in [0.15, 0.2) is 11.6 Å². The monoisotopic (exact) mass is 1050 g/mol. The lowest BCUT2D eigenvalue weighted by atomic mass is 9.46. The first kappa shape index (κ1) is 54.8. The van der Waals surface area contributed by atoms with E-state index in [-0.39, 0.29) is 73.5 Å². The van der Waals surface area contributed by atoms with Gasteiger partial charge in [0.1, 0.15) is 92.1 Å². The van der Waals surface area contributed by atoms with Gasteiger partial charge in [0.25, 0.3) is 0 Å². The lowest BCUT2D eigenvalue weighted by molar-refractivity contribution is -0.393. The number of carbonyl (C=O) groups excluding carboxylic acids is 1. The molecule has 0 radical (unpaired) electrons. The first-order valence-electron chi connectivity index (χ1n) is 26.0. The highest BCUT2D eigenvalue weighted by atomic mass is 16.8. The van der Waals surface area contributed by atoms with Gasteiger partial charge in [-0.05, 0) is 62.2 Å². The molecule has 13 N–H and O–H groups in total. The number of ether oxygens (including phenoxy) is 10. The quantitative estimate of drug-likeness (QED) is 0.0868. The summed E-state index contributed by atoms with van der Waals surface area (Å²) in [7, 11) is 0. The molecule has 416 valence electrons. The smallest absolute Gasteiger partial charge is 0.187 e. The van der Waals surface area contributed by atoms with Crippen molar-refractivity contribution in [3.8, 4) is 0 Å². The average molecular weight is 1050 g/mol. The molecule has 4 aliphatic carbocycles. The maximum Gasteiger partial charge on any atom is 0.187 e. The van der Waals surface area contributed by atoms with E-state index >= 15 is 0 Å². The number of rotatable bonds is 11. The van der Waals surface area contributed by atoms with Gasteiger partial charge in [0.2, 0.25) is 0 Å². The number of ketones is 1. The SMILES string of the molecule is C[C@@H]1O[C@@H](O[C@H]2[C@H](O[C@@H]3C[C@H](O)CC4=CC[C@H]5[C@@H]6C[C@@H]7O[C@]8(CCC(=O)CO8)[C@@H](CO[C@@H]8O[C@H](CO)[C@H](O)[C@H](O)[C@H]8O)[C@@H]7[C@@]6(C)CC[C@@H]5[C@]43C)O[C@H](CO)[C@@H](O)[C@@H]2O[C@@H]2OC[C@@H](O)[C@H](O)[C@H]2O)[C@H](O)[C@H](O)[C@H]1O. The molecule has 0 bridgehead atoms. The van der Waals surface area contributed by atoms with Gasteiger partial charge in [0.15, 0.2) is 36.7 Å². The first-order valence-corrected chi connectivity index (χ1v) is 26.0. The van der Waals surface area contributed by atoms with E-state index in [2.05, 4.69) is 19.9 Å². The Balaban J connectivity index is 0.940. The Kier molecular flexibility index (Phi) is 15.7. The molecule has 6 heterocycles. The van der Waals surface area contributed by atoms with E-state index in [0.717, 1.165) is 5.57 Å². The molecule has 3 saturated carbocycles. The van der Waals surface area contributed by atoms with Gasteiger partial charge in [-0.1, -0.05) is 25.5 Å². The fraction of sp³-hybridized carbons (Fsp3) is 0.939. The molecular formula is C49H76O24. The molecule has 73 heavy (non-hydrogen) atoms. The van der Waals surface area contributed by atoms with Crippen molar-refractivity contribution in [2.24, 2.45) is 40.4 Å². The highest BCUT2D eigenvalue weighted by Gasteiger charge is 2.71.